The molecule has 0 radical (unpaired) electrons. The number of fused-ring (bicyclic) bond motifs is 18. The maximum atomic E-state index is 6.36. The van der Waals surface area contributed by atoms with Crippen LogP contribution in [-0.4, -0.2) is 18.3 Å². The van der Waals surface area contributed by atoms with E-state index >= 15 is 0 Å². The number of para-hydroxylation sites is 9. The highest BCUT2D eigenvalue weighted by atomic mass is 16.3. The summed E-state index contributed by atoms with van der Waals surface area (Å²) in [7, 11) is 0. The van der Waals surface area contributed by atoms with Gasteiger partial charge in [-0.3, -0.25) is 0 Å². The zero-order valence-corrected chi connectivity index (χ0v) is 55.2. The third-order valence-corrected chi connectivity index (χ3v) is 21.0. The first-order valence-corrected chi connectivity index (χ1v) is 34.9. The molecule has 0 unspecified atom stereocenters. The minimum Gasteiger partial charge on any atom is -0.456 e. The van der Waals surface area contributed by atoms with Gasteiger partial charge in [0.15, 0.2) is 0 Å². The summed E-state index contributed by atoms with van der Waals surface area (Å²) < 4.78 is 22.1. The number of rotatable bonds is 8. The predicted octanol–water partition coefficient (Wildman–Crippen LogP) is 26.2. The summed E-state index contributed by atoms with van der Waals surface area (Å²) in [6.07, 6.45) is 0. The van der Waals surface area contributed by atoms with E-state index in [9.17, 15) is 0 Å². The third-order valence-electron chi connectivity index (χ3n) is 21.0. The third kappa shape index (κ3) is 8.99. The van der Waals surface area contributed by atoms with Crippen molar-refractivity contribution in [2.24, 2.45) is 0 Å². The second-order valence-electron chi connectivity index (χ2n) is 26.7. The highest BCUT2D eigenvalue weighted by Gasteiger charge is 2.21. The number of hydrogen-bond donors (Lipinski definition) is 0. The highest BCUT2D eigenvalue weighted by molar-refractivity contribution is 6.17. The Bertz CT molecular complexity index is 7120. The van der Waals surface area contributed by atoms with Crippen LogP contribution in [0.2, 0.25) is 0 Å². The Morgan fingerprint density at radius 1 is 0.167 bits per heavy atom. The van der Waals surface area contributed by atoms with Crippen LogP contribution in [-0.2, 0) is 0 Å². The van der Waals surface area contributed by atoms with Gasteiger partial charge in [0.2, 0.25) is 0 Å². The second-order valence-corrected chi connectivity index (χ2v) is 26.7. The minimum atomic E-state index is 0.909. The summed E-state index contributed by atoms with van der Waals surface area (Å²) in [5.74, 6) is 0. The summed E-state index contributed by atoms with van der Waals surface area (Å²) in [4.78, 5) is 0. The quantitative estimate of drug-likeness (QED) is 0.152. The van der Waals surface area contributed by atoms with E-state index in [-0.39, 0.29) is 0 Å². The van der Waals surface area contributed by atoms with Crippen LogP contribution < -0.4 is 0 Å². The molecule has 102 heavy (non-hydrogen) atoms. The maximum Gasteiger partial charge on any atom is 0.143 e. The van der Waals surface area contributed by atoms with Crippen molar-refractivity contribution in [3.05, 3.63) is 364 Å². The average molecular weight is 1300 g/mol. The van der Waals surface area contributed by atoms with E-state index in [1.165, 1.54) is 126 Å². The van der Waals surface area contributed by atoms with Crippen LogP contribution in [0, 0.1) is 0 Å². The van der Waals surface area contributed by atoms with Crippen molar-refractivity contribution in [2.75, 3.05) is 0 Å². The van der Waals surface area contributed by atoms with Crippen LogP contribution in [0.25, 0.3) is 198 Å². The van der Waals surface area contributed by atoms with Gasteiger partial charge in [-0.25, -0.2) is 0 Å². The maximum absolute atomic E-state index is 6.36. The number of hydrogen-bond acceptors (Lipinski definition) is 2. The smallest absolute Gasteiger partial charge is 0.143 e. The molecule has 16 aromatic carbocycles. The lowest BCUT2D eigenvalue weighted by Gasteiger charge is -2.11. The van der Waals surface area contributed by atoms with Gasteiger partial charge in [-0.2, -0.15) is 0 Å². The van der Waals surface area contributed by atoms with E-state index in [0.29, 0.717) is 0 Å². The summed E-state index contributed by atoms with van der Waals surface area (Å²) in [6.45, 7) is 0. The van der Waals surface area contributed by atoms with Gasteiger partial charge >= 0.3 is 0 Å². The summed E-state index contributed by atoms with van der Waals surface area (Å²) in [5, 5.41) is 14.6. The van der Waals surface area contributed by atoms with Gasteiger partial charge in [-0.05, 0) is 178 Å². The van der Waals surface area contributed by atoms with Gasteiger partial charge < -0.3 is 27.1 Å². The molecule has 0 aliphatic heterocycles. The second kappa shape index (κ2) is 23.0. The van der Waals surface area contributed by atoms with Crippen molar-refractivity contribution < 1.29 is 8.83 Å². The molecule has 0 spiro atoms. The predicted molar refractivity (Wildman–Crippen MR) is 427 cm³/mol. The van der Waals surface area contributed by atoms with Crippen LogP contribution in [0.4, 0.5) is 0 Å². The largest absolute Gasteiger partial charge is 0.456 e. The SMILES string of the molecule is c1ccc(-n2c3ccccc3c3cc(-c4ccc5c(c4)c4ccccc4n5-c4ccc(-c5cccc6c5oc5ccccc56)cc4)ccc32)cc1.c1ccc(-n2c3ccccc3c3cc(-c4ccc5c(c4)c4ccccc4n5-c4cccc(-c5cccc6oc7ccccc7c56)c4)ccc32)cc1. The van der Waals surface area contributed by atoms with Crippen molar-refractivity contribution >= 4 is 131 Å². The molecule has 0 fully saturated rings. The van der Waals surface area contributed by atoms with Gasteiger partial charge in [0.25, 0.3) is 0 Å². The van der Waals surface area contributed by atoms with Crippen LogP contribution in [0.15, 0.2) is 373 Å². The van der Waals surface area contributed by atoms with E-state index < -0.39 is 0 Å². The fraction of sp³-hybridized carbons (Fsp3) is 0. The Balaban J connectivity index is 0.000000133. The van der Waals surface area contributed by atoms with E-state index in [1.807, 2.05) is 24.3 Å². The van der Waals surface area contributed by atoms with E-state index in [0.717, 1.165) is 71.9 Å². The first kappa shape index (κ1) is 57.4. The molecule has 22 rings (SSSR count). The molecule has 0 amide bonds. The topological polar surface area (TPSA) is 46.0 Å². The Morgan fingerprint density at radius 3 is 0.990 bits per heavy atom. The van der Waals surface area contributed by atoms with Crippen LogP contribution in [0.1, 0.15) is 0 Å². The highest BCUT2D eigenvalue weighted by Crippen LogP contribution is 2.44. The fourth-order valence-electron chi connectivity index (χ4n) is 16.5. The zero-order valence-electron chi connectivity index (χ0n) is 55.2. The molecule has 476 valence electrons. The molecule has 6 heteroatoms. The summed E-state index contributed by atoms with van der Waals surface area (Å²) >= 11 is 0. The monoisotopic (exact) mass is 1300 g/mol. The van der Waals surface area contributed by atoms with Crippen molar-refractivity contribution in [3.63, 3.8) is 0 Å². The molecule has 22 aromatic rings. The van der Waals surface area contributed by atoms with Crippen molar-refractivity contribution in [1.29, 1.82) is 0 Å². The standard InChI is InChI=1S/2C48H30N2O/c1-2-13-34(14-3-1)49-42-20-7-4-16-37(42)40-29-31(24-26-44(40)49)32-25-27-45-41(30-32)38-17-5-8-21-43(38)50(45)35-15-10-12-33(28-35)36-19-11-23-47-48(36)39-18-6-9-22-46(39)51-47;1-2-11-34(12-3-1)49-43-18-7-4-13-37(43)41-29-32(23-27-45(41)49)33-24-28-46-42(30-33)38-14-5-8-19-44(38)50(46)35-25-21-31(22-26-35)36-16-10-17-40-39-15-6-9-20-47(39)51-48(36)40/h2*1-30H. The lowest BCUT2D eigenvalue weighted by molar-refractivity contribution is 0.669. The molecule has 0 bridgehead atoms. The fourth-order valence-corrected chi connectivity index (χ4v) is 16.5. The normalized spacial score (nSPS) is 11.9. The van der Waals surface area contributed by atoms with Crippen LogP contribution in [0.3, 0.4) is 0 Å². The Kier molecular flexibility index (Phi) is 12.9. The van der Waals surface area contributed by atoms with Crippen molar-refractivity contribution in [2.45, 2.75) is 0 Å². The molecule has 0 N–H and O–H groups in total. The average Bonchev–Trinajstić information content (AvgIpc) is 1.59. The van der Waals surface area contributed by atoms with Gasteiger partial charge in [0.05, 0.1) is 44.1 Å². The molecular weight excluding hydrogens is 1240 g/mol. The molecule has 0 saturated heterocycles. The number of furan rings is 2. The van der Waals surface area contributed by atoms with Crippen molar-refractivity contribution in [1.82, 2.24) is 18.3 Å². The van der Waals surface area contributed by atoms with E-state index in [1.54, 1.807) is 0 Å². The van der Waals surface area contributed by atoms with Gasteiger partial charge in [-0.1, -0.05) is 224 Å². The molecule has 6 nitrogen and oxygen atoms in total. The molecule has 0 atom stereocenters. The van der Waals surface area contributed by atoms with Gasteiger partial charge in [0, 0.05) is 92.9 Å². The number of nitrogens with zero attached hydrogens (tertiary/aromatic N) is 4. The lowest BCUT2D eigenvalue weighted by atomic mass is 9.99. The van der Waals surface area contributed by atoms with Gasteiger partial charge in [0.1, 0.15) is 22.3 Å². The number of benzene rings is 16. The first-order chi connectivity index (χ1) is 50.6. The number of aromatic nitrogens is 4. The first-order valence-electron chi connectivity index (χ1n) is 34.9. The molecule has 0 aliphatic carbocycles. The van der Waals surface area contributed by atoms with Crippen LogP contribution >= 0.6 is 0 Å². The molecule has 6 heterocycles. The minimum absolute atomic E-state index is 0.909. The Hall–Kier alpha value is -13.7. The van der Waals surface area contributed by atoms with E-state index in [4.69, 9.17) is 8.83 Å². The zero-order chi connectivity index (χ0) is 66.9. The van der Waals surface area contributed by atoms with Crippen molar-refractivity contribution in [3.8, 4) is 67.3 Å². The Morgan fingerprint density at radius 2 is 0.500 bits per heavy atom. The van der Waals surface area contributed by atoms with Crippen LogP contribution in [0.5, 0.6) is 0 Å². The van der Waals surface area contributed by atoms with E-state index in [2.05, 4.69) is 358 Å². The Labute approximate surface area is 585 Å². The molecule has 6 aromatic heterocycles. The summed E-state index contributed by atoms with van der Waals surface area (Å²) in [6, 6.07) is 131. The van der Waals surface area contributed by atoms with Gasteiger partial charge in [-0.15, -0.1) is 0 Å². The molecule has 0 saturated carbocycles. The lowest BCUT2D eigenvalue weighted by Crippen LogP contribution is -1.94. The molecular formula is C96H60N4O2. The summed E-state index contributed by atoms with van der Waals surface area (Å²) in [5.41, 5.74) is 27.3. The molecule has 0 aliphatic rings.